The molecule has 0 radical (unpaired) electrons. The summed E-state index contributed by atoms with van der Waals surface area (Å²) in [4.78, 5) is 6.85. The minimum atomic E-state index is -0.619. The molecule has 0 bridgehead atoms. The largest absolute Gasteiger partial charge is 0.488 e. The van der Waals surface area contributed by atoms with Crippen LogP contribution in [0, 0.1) is 11.6 Å². The highest BCUT2D eigenvalue weighted by Crippen LogP contribution is 2.31. The van der Waals surface area contributed by atoms with Gasteiger partial charge in [-0.15, -0.1) is 0 Å². The van der Waals surface area contributed by atoms with Crippen molar-refractivity contribution in [1.29, 1.82) is 0 Å². The maximum absolute atomic E-state index is 13.9. The van der Waals surface area contributed by atoms with E-state index in [-0.39, 0.29) is 6.61 Å². The molecule has 0 atom stereocenters. The van der Waals surface area contributed by atoms with Crippen LogP contribution in [-0.4, -0.2) is 18.1 Å². The van der Waals surface area contributed by atoms with Crippen LogP contribution in [0.5, 0.6) is 5.75 Å². The highest BCUT2D eigenvalue weighted by molar-refractivity contribution is 7.22. The van der Waals surface area contributed by atoms with Gasteiger partial charge in [0.05, 0.1) is 10.2 Å². The molecule has 0 unspecified atom stereocenters. The fourth-order valence-corrected chi connectivity index (χ4v) is 4.16. The summed E-state index contributed by atoms with van der Waals surface area (Å²) in [6.45, 7) is 1.70. The van der Waals surface area contributed by atoms with E-state index in [9.17, 15) is 8.78 Å². The van der Waals surface area contributed by atoms with E-state index < -0.39 is 11.6 Å². The number of ether oxygens (including phenoxy) is 1. The minimum absolute atomic E-state index is 0.0150. The van der Waals surface area contributed by atoms with E-state index in [0.29, 0.717) is 30.9 Å². The van der Waals surface area contributed by atoms with Crippen LogP contribution in [-0.2, 0) is 13.2 Å². The number of thiazole rings is 1. The van der Waals surface area contributed by atoms with Crippen molar-refractivity contribution in [2.75, 3.05) is 18.0 Å². The normalized spacial score (nSPS) is 11.0. The third kappa shape index (κ3) is 4.58. The quantitative estimate of drug-likeness (QED) is 0.426. The first kappa shape index (κ1) is 20.3. The van der Waals surface area contributed by atoms with Gasteiger partial charge in [-0.2, -0.15) is 0 Å². The van der Waals surface area contributed by atoms with E-state index in [1.165, 1.54) is 12.1 Å². The Balaban J connectivity index is 1.55. The molecule has 30 heavy (non-hydrogen) atoms. The number of benzene rings is 3. The Morgan fingerprint density at radius 1 is 0.967 bits per heavy atom. The summed E-state index contributed by atoms with van der Waals surface area (Å²) in [5.41, 5.74) is 8.04. The Morgan fingerprint density at radius 2 is 1.77 bits per heavy atom. The molecule has 0 saturated heterocycles. The molecule has 1 heterocycles. The molecule has 0 aliphatic heterocycles. The Morgan fingerprint density at radius 3 is 2.57 bits per heavy atom. The van der Waals surface area contributed by atoms with Gasteiger partial charge in [0.1, 0.15) is 24.0 Å². The van der Waals surface area contributed by atoms with E-state index in [1.54, 1.807) is 11.3 Å². The average Bonchev–Trinajstić information content (AvgIpc) is 3.18. The number of fused-ring (bicyclic) bond motifs is 1. The molecule has 0 spiro atoms. The molecule has 154 valence electrons. The summed E-state index contributed by atoms with van der Waals surface area (Å²) >= 11 is 1.62. The third-order valence-corrected chi connectivity index (χ3v) is 5.78. The second-order valence-corrected chi connectivity index (χ2v) is 7.82. The van der Waals surface area contributed by atoms with E-state index in [4.69, 9.17) is 15.5 Å². The standard InChI is InChI=1S/C23H21F2N3OS/c24-18-10-9-17(19(25)13-18)15-29-21-7-3-1-5-16(21)14-28(12-11-26)23-27-20-6-2-4-8-22(20)30-23/h1-10,13H,11-12,14-15,26H2. The monoisotopic (exact) mass is 425 g/mol. The van der Waals surface area contributed by atoms with Crippen molar-refractivity contribution < 1.29 is 13.5 Å². The number of hydrogen-bond donors (Lipinski definition) is 1. The first-order valence-electron chi connectivity index (χ1n) is 9.59. The van der Waals surface area contributed by atoms with Crippen LogP contribution in [0.4, 0.5) is 13.9 Å². The van der Waals surface area contributed by atoms with Gasteiger partial charge in [0.2, 0.25) is 0 Å². The minimum Gasteiger partial charge on any atom is -0.488 e. The number of nitrogens with two attached hydrogens (primary N) is 1. The summed E-state index contributed by atoms with van der Waals surface area (Å²) in [5, 5.41) is 0.890. The lowest BCUT2D eigenvalue weighted by molar-refractivity contribution is 0.296. The van der Waals surface area contributed by atoms with E-state index in [0.717, 1.165) is 27.0 Å². The zero-order chi connectivity index (χ0) is 20.9. The van der Waals surface area contributed by atoms with Crippen molar-refractivity contribution >= 4 is 26.7 Å². The lowest BCUT2D eigenvalue weighted by Gasteiger charge is -2.22. The summed E-state index contributed by atoms with van der Waals surface area (Å²) in [7, 11) is 0. The molecular weight excluding hydrogens is 404 g/mol. The summed E-state index contributed by atoms with van der Waals surface area (Å²) in [5.74, 6) is -0.582. The van der Waals surface area contributed by atoms with Crippen molar-refractivity contribution in [2.45, 2.75) is 13.2 Å². The first-order valence-corrected chi connectivity index (χ1v) is 10.4. The topological polar surface area (TPSA) is 51.4 Å². The Kier molecular flexibility index (Phi) is 6.21. The Bertz CT molecular complexity index is 1120. The van der Waals surface area contributed by atoms with Crippen molar-refractivity contribution in [3.05, 3.63) is 89.5 Å². The molecule has 0 saturated carbocycles. The molecule has 1 aromatic heterocycles. The molecule has 3 aromatic carbocycles. The number of halogens is 2. The lowest BCUT2D eigenvalue weighted by Crippen LogP contribution is -2.29. The smallest absolute Gasteiger partial charge is 0.186 e. The number of hydrogen-bond acceptors (Lipinski definition) is 5. The second-order valence-electron chi connectivity index (χ2n) is 6.81. The molecule has 0 aliphatic rings. The molecule has 2 N–H and O–H groups in total. The molecule has 4 aromatic rings. The predicted octanol–water partition coefficient (Wildman–Crippen LogP) is 5.12. The number of aromatic nitrogens is 1. The summed E-state index contributed by atoms with van der Waals surface area (Å²) < 4.78 is 34.1. The van der Waals surface area contributed by atoms with E-state index in [2.05, 4.69) is 4.90 Å². The van der Waals surface area contributed by atoms with E-state index >= 15 is 0 Å². The number of nitrogens with zero attached hydrogens (tertiary/aromatic N) is 2. The van der Waals surface area contributed by atoms with Gasteiger partial charge in [-0.1, -0.05) is 41.7 Å². The van der Waals surface area contributed by atoms with Crippen LogP contribution in [0.2, 0.25) is 0 Å². The highest BCUT2D eigenvalue weighted by atomic mass is 32.1. The molecule has 0 aliphatic carbocycles. The second kappa shape index (κ2) is 9.19. The Hall–Kier alpha value is -3.03. The number of rotatable bonds is 8. The van der Waals surface area contributed by atoms with Crippen LogP contribution in [0.3, 0.4) is 0 Å². The van der Waals surface area contributed by atoms with Gasteiger partial charge >= 0.3 is 0 Å². The van der Waals surface area contributed by atoms with Crippen molar-refractivity contribution in [1.82, 2.24) is 4.98 Å². The number of para-hydroxylation sites is 2. The zero-order valence-corrected chi connectivity index (χ0v) is 17.0. The zero-order valence-electron chi connectivity index (χ0n) is 16.2. The van der Waals surface area contributed by atoms with Crippen LogP contribution in [0.15, 0.2) is 66.7 Å². The van der Waals surface area contributed by atoms with E-state index in [1.807, 2.05) is 48.5 Å². The van der Waals surface area contributed by atoms with Crippen LogP contribution in [0.25, 0.3) is 10.2 Å². The van der Waals surface area contributed by atoms with Gasteiger partial charge in [-0.3, -0.25) is 0 Å². The third-order valence-electron chi connectivity index (χ3n) is 4.68. The van der Waals surface area contributed by atoms with Gasteiger partial charge < -0.3 is 15.4 Å². The highest BCUT2D eigenvalue weighted by Gasteiger charge is 2.15. The van der Waals surface area contributed by atoms with Crippen molar-refractivity contribution in [3.63, 3.8) is 0 Å². The van der Waals surface area contributed by atoms with Crippen molar-refractivity contribution in [2.24, 2.45) is 5.73 Å². The van der Waals surface area contributed by atoms with Crippen LogP contribution in [0.1, 0.15) is 11.1 Å². The lowest BCUT2D eigenvalue weighted by atomic mass is 10.2. The maximum Gasteiger partial charge on any atom is 0.186 e. The molecular formula is C23H21F2N3OS. The fraction of sp³-hybridized carbons (Fsp3) is 0.174. The Labute approximate surface area is 177 Å². The summed E-state index contributed by atoms with van der Waals surface area (Å²) in [6.07, 6.45) is 0. The van der Waals surface area contributed by atoms with Crippen LogP contribution >= 0.6 is 11.3 Å². The van der Waals surface area contributed by atoms with Gasteiger partial charge in [-0.25, -0.2) is 13.8 Å². The van der Waals surface area contributed by atoms with Crippen molar-refractivity contribution in [3.8, 4) is 5.75 Å². The summed E-state index contributed by atoms with van der Waals surface area (Å²) in [6, 6.07) is 19.1. The molecule has 0 fully saturated rings. The predicted molar refractivity (Wildman–Crippen MR) is 117 cm³/mol. The number of anilines is 1. The van der Waals surface area contributed by atoms with Gasteiger partial charge in [-0.05, 0) is 30.3 Å². The van der Waals surface area contributed by atoms with Gasteiger partial charge in [0, 0.05) is 36.8 Å². The van der Waals surface area contributed by atoms with Gasteiger partial charge in [0.15, 0.2) is 5.13 Å². The molecule has 4 nitrogen and oxygen atoms in total. The fourth-order valence-electron chi connectivity index (χ4n) is 3.17. The van der Waals surface area contributed by atoms with Crippen LogP contribution < -0.4 is 15.4 Å². The molecule has 4 rings (SSSR count). The molecule has 7 heteroatoms. The average molecular weight is 426 g/mol. The van der Waals surface area contributed by atoms with Gasteiger partial charge in [0.25, 0.3) is 0 Å². The SMILES string of the molecule is NCCN(Cc1ccccc1OCc1ccc(F)cc1F)c1nc2ccccc2s1. The first-order chi connectivity index (χ1) is 14.6. The molecule has 0 amide bonds. The maximum atomic E-state index is 13.9.